The van der Waals surface area contributed by atoms with Crippen LogP contribution in [-0.2, 0) is 11.1 Å². The summed E-state index contributed by atoms with van der Waals surface area (Å²) < 4.78 is 20.7. The molecule has 0 saturated heterocycles. The second-order valence-electron chi connectivity index (χ2n) is 3.53. The lowest BCUT2D eigenvalue weighted by atomic mass is 10.1. The van der Waals surface area contributed by atoms with Crippen molar-refractivity contribution in [2.24, 2.45) is 0 Å². The highest BCUT2D eigenvalue weighted by molar-refractivity contribution is 7.89. The van der Waals surface area contributed by atoms with Gasteiger partial charge in [-0.2, -0.15) is 0 Å². The Hall–Kier alpha value is -1.71. The molecule has 0 aliphatic rings. The molecule has 2 rings (SSSR count). The first kappa shape index (κ1) is 11.8. The molecular weight excluding hydrogens is 232 g/mol. The van der Waals surface area contributed by atoms with Crippen molar-refractivity contribution in [2.45, 2.75) is 0 Å². The van der Waals surface area contributed by atoms with Crippen LogP contribution in [0.3, 0.4) is 0 Å². The van der Waals surface area contributed by atoms with Gasteiger partial charge in [0, 0.05) is 0 Å². The van der Waals surface area contributed by atoms with E-state index in [0.29, 0.717) is 4.91 Å². The van der Waals surface area contributed by atoms with Crippen LogP contribution < -0.4 is 0 Å². The summed E-state index contributed by atoms with van der Waals surface area (Å²) in [5.41, 5.74) is 1.67. The topological polar surface area (TPSA) is 37.3 Å². The van der Waals surface area contributed by atoms with Gasteiger partial charge in [0.15, 0.2) is 11.1 Å². The van der Waals surface area contributed by atoms with Crippen molar-refractivity contribution in [3.63, 3.8) is 0 Å². The fraction of sp³-hybridized carbons (Fsp3) is 0. The second-order valence-corrected chi connectivity index (χ2v) is 4.47. The van der Waals surface area contributed by atoms with Gasteiger partial charge in [0.2, 0.25) is 0 Å². The van der Waals surface area contributed by atoms with E-state index in [0.717, 1.165) is 11.1 Å². The Morgan fingerprint density at radius 3 is 2.00 bits per heavy atom. The van der Waals surface area contributed by atoms with E-state index in [4.69, 9.17) is 0 Å². The summed E-state index contributed by atoms with van der Waals surface area (Å²) in [6, 6.07) is 18.7. The van der Waals surface area contributed by atoms with Gasteiger partial charge >= 0.3 is 0 Å². The van der Waals surface area contributed by atoms with E-state index in [9.17, 15) is 8.76 Å². The zero-order chi connectivity index (χ0) is 12.1. The van der Waals surface area contributed by atoms with E-state index in [1.165, 1.54) is 0 Å². The van der Waals surface area contributed by atoms with Crippen molar-refractivity contribution in [3.8, 4) is 0 Å². The van der Waals surface area contributed by atoms with E-state index < -0.39 is 11.1 Å². The Bertz CT molecular complexity index is 533. The van der Waals surface area contributed by atoms with Gasteiger partial charge in [-0.15, -0.1) is 0 Å². The Labute approximate surface area is 103 Å². The SMILES string of the molecule is O=S(O)C(=Cc1ccccc1)c1ccccc1. The largest absolute Gasteiger partial charge is 0.302 e. The zero-order valence-corrected chi connectivity index (χ0v) is 9.93. The van der Waals surface area contributed by atoms with Crippen molar-refractivity contribution >= 4 is 22.1 Å². The Balaban J connectivity index is 2.44. The molecule has 0 aliphatic heterocycles. The molecule has 2 nitrogen and oxygen atoms in total. The predicted molar refractivity (Wildman–Crippen MR) is 71.5 cm³/mol. The number of hydrogen-bond acceptors (Lipinski definition) is 1. The minimum atomic E-state index is -1.99. The molecule has 2 aromatic rings. The number of hydrogen-bond donors (Lipinski definition) is 1. The van der Waals surface area contributed by atoms with Crippen LogP contribution in [0.25, 0.3) is 11.0 Å². The third-order valence-corrected chi connectivity index (χ3v) is 3.07. The molecule has 1 unspecified atom stereocenters. The molecular formula is C14H12O2S. The van der Waals surface area contributed by atoms with Gasteiger partial charge in [-0.1, -0.05) is 60.7 Å². The fourth-order valence-corrected chi connectivity index (χ4v) is 2.11. The molecule has 1 atom stereocenters. The van der Waals surface area contributed by atoms with Crippen LogP contribution in [-0.4, -0.2) is 8.76 Å². The quantitative estimate of drug-likeness (QED) is 0.663. The molecule has 0 saturated carbocycles. The van der Waals surface area contributed by atoms with Crippen molar-refractivity contribution in [1.82, 2.24) is 0 Å². The summed E-state index contributed by atoms with van der Waals surface area (Å²) >= 11 is -1.99. The van der Waals surface area contributed by atoms with Crippen LogP contribution >= 0.6 is 0 Å². The van der Waals surface area contributed by atoms with Crippen LogP contribution in [0.5, 0.6) is 0 Å². The first-order valence-corrected chi connectivity index (χ1v) is 6.31. The second kappa shape index (κ2) is 5.57. The van der Waals surface area contributed by atoms with Gasteiger partial charge in [0.25, 0.3) is 0 Å². The molecule has 0 fully saturated rings. The smallest absolute Gasteiger partial charge is 0.187 e. The first-order chi connectivity index (χ1) is 8.27. The van der Waals surface area contributed by atoms with E-state index in [-0.39, 0.29) is 0 Å². The highest BCUT2D eigenvalue weighted by Gasteiger charge is 2.07. The summed E-state index contributed by atoms with van der Waals surface area (Å²) in [6.45, 7) is 0. The predicted octanol–water partition coefficient (Wildman–Crippen LogP) is 3.41. The summed E-state index contributed by atoms with van der Waals surface area (Å²) in [4.78, 5) is 0.414. The lowest BCUT2D eigenvalue weighted by Crippen LogP contribution is -1.92. The monoisotopic (exact) mass is 244 g/mol. The van der Waals surface area contributed by atoms with E-state index >= 15 is 0 Å². The van der Waals surface area contributed by atoms with Gasteiger partial charge in [-0.3, -0.25) is 0 Å². The number of rotatable bonds is 3. The standard InChI is InChI=1S/C14H12O2S/c15-17(16)14(13-9-5-2-6-10-13)11-12-7-3-1-4-8-12/h1-11H,(H,15,16). The molecule has 1 N–H and O–H groups in total. The van der Waals surface area contributed by atoms with Crippen LogP contribution in [0.2, 0.25) is 0 Å². The third kappa shape index (κ3) is 3.12. The highest BCUT2D eigenvalue weighted by Crippen LogP contribution is 2.20. The van der Waals surface area contributed by atoms with Gasteiger partial charge in [-0.05, 0) is 17.2 Å². The Morgan fingerprint density at radius 1 is 0.941 bits per heavy atom. The van der Waals surface area contributed by atoms with Gasteiger partial charge in [0.1, 0.15) is 0 Å². The van der Waals surface area contributed by atoms with Crippen LogP contribution in [0, 0.1) is 0 Å². The van der Waals surface area contributed by atoms with Crippen molar-refractivity contribution in [1.29, 1.82) is 0 Å². The average molecular weight is 244 g/mol. The fourth-order valence-electron chi connectivity index (χ4n) is 1.54. The molecule has 86 valence electrons. The lowest BCUT2D eigenvalue weighted by molar-refractivity contribution is 0.576. The van der Waals surface area contributed by atoms with Crippen molar-refractivity contribution < 1.29 is 8.76 Å². The highest BCUT2D eigenvalue weighted by atomic mass is 32.2. The van der Waals surface area contributed by atoms with Gasteiger partial charge in [0.05, 0.1) is 4.91 Å². The molecule has 2 aromatic carbocycles. The Morgan fingerprint density at radius 2 is 1.47 bits per heavy atom. The maximum atomic E-state index is 11.3. The number of benzene rings is 2. The van der Waals surface area contributed by atoms with E-state index in [1.807, 2.05) is 60.7 Å². The van der Waals surface area contributed by atoms with Gasteiger partial charge in [-0.25, -0.2) is 4.21 Å². The molecule has 0 aromatic heterocycles. The molecule has 0 aliphatic carbocycles. The summed E-state index contributed by atoms with van der Waals surface area (Å²) in [7, 11) is 0. The summed E-state index contributed by atoms with van der Waals surface area (Å²) in [6.07, 6.45) is 1.73. The molecule has 0 amide bonds. The molecule has 0 bridgehead atoms. The molecule has 0 heterocycles. The zero-order valence-electron chi connectivity index (χ0n) is 9.11. The minimum Gasteiger partial charge on any atom is -0.302 e. The molecule has 17 heavy (non-hydrogen) atoms. The molecule has 0 spiro atoms. The summed E-state index contributed by atoms with van der Waals surface area (Å²) in [5, 5.41) is 0. The summed E-state index contributed by atoms with van der Waals surface area (Å²) in [5.74, 6) is 0. The van der Waals surface area contributed by atoms with Crippen LogP contribution in [0.4, 0.5) is 0 Å². The average Bonchev–Trinajstić information content (AvgIpc) is 2.38. The maximum Gasteiger partial charge on any atom is 0.187 e. The van der Waals surface area contributed by atoms with Crippen molar-refractivity contribution in [3.05, 3.63) is 71.8 Å². The third-order valence-electron chi connectivity index (χ3n) is 2.34. The van der Waals surface area contributed by atoms with E-state index in [1.54, 1.807) is 6.08 Å². The van der Waals surface area contributed by atoms with Gasteiger partial charge < -0.3 is 4.55 Å². The minimum absolute atomic E-state index is 0.414. The van der Waals surface area contributed by atoms with Crippen LogP contribution in [0.15, 0.2) is 60.7 Å². The molecule has 3 heteroatoms. The molecule has 0 radical (unpaired) electrons. The van der Waals surface area contributed by atoms with E-state index in [2.05, 4.69) is 0 Å². The maximum absolute atomic E-state index is 11.3. The lowest BCUT2D eigenvalue weighted by Gasteiger charge is -2.03. The first-order valence-electron chi connectivity index (χ1n) is 5.20. The Kier molecular flexibility index (Phi) is 3.85. The van der Waals surface area contributed by atoms with Crippen LogP contribution in [0.1, 0.15) is 11.1 Å². The van der Waals surface area contributed by atoms with Crippen molar-refractivity contribution in [2.75, 3.05) is 0 Å². The normalized spacial score (nSPS) is 13.4.